The van der Waals surface area contributed by atoms with Gasteiger partial charge in [-0.3, -0.25) is 4.79 Å². The first kappa shape index (κ1) is 19.9. The van der Waals surface area contributed by atoms with Gasteiger partial charge in [-0.15, -0.1) is 11.8 Å². The predicted octanol–water partition coefficient (Wildman–Crippen LogP) is 3.01. The van der Waals surface area contributed by atoms with Crippen LogP contribution in [-0.2, 0) is 14.8 Å². The van der Waals surface area contributed by atoms with E-state index < -0.39 is 10.0 Å². The molecule has 0 saturated carbocycles. The molecule has 27 heavy (non-hydrogen) atoms. The summed E-state index contributed by atoms with van der Waals surface area (Å²) >= 11 is 1.53. The number of aryl methyl sites for hydroxylation is 1. The van der Waals surface area contributed by atoms with Gasteiger partial charge < -0.3 is 4.90 Å². The average Bonchev–Trinajstić information content (AvgIpc) is 2.70. The average molecular weight is 405 g/mol. The maximum atomic E-state index is 12.7. The third-order valence-electron chi connectivity index (χ3n) is 4.61. The van der Waals surface area contributed by atoms with Gasteiger partial charge in [0.15, 0.2) is 0 Å². The molecule has 1 aliphatic heterocycles. The SMILES string of the molecule is Cc1ccc(S[C@H](C)C(=O)N2CCN(S(=O)(=O)c3ccccc3)CC2)cc1. The van der Waals surface area contributed by atoms with Crippen LogP contribution in [0.15, 0.2) is 64.4 Å². The number of rotatable bonds is 5. The minimum atomic E-state index is -3.49. The minimum absolute atomic E-state index is 0.0531. The molecule has 5 nitrogen and oxygen atoms in total. The van der Waals surface area contributed by atoms with Crippen molar-refractivity contribution in [2.75, 3.05) is 26.2 Å². The van der Waals surface area contributed by atoms with Crippen LogP contribution in [0.4, 0.5) is 0 Å². The highest BCUT2D eigenvalue weighted by Crippen LogP contribution is 2.25. The number of nitrogens with zero attached hydrogens (tertiary/aromatic N) is 2. The van der Waals surface area contributed by atoms with Crippen LogP contribution in [0.5, 0.6) is 0 Å². The number of hydrogen-bond acceptors (Lipinski definition) is 4. The molecule has 1 saturated heterocycles. The highest BCUT2D eigenvalue weighted by molar-refractivity contribution is 8.00. The molecule has 2 aromatic rings. The van der Waals surface area contributed by atoms with Gasteiger partial charge in [0, 0.05) is 31.1 Å². The Hall–Kier alpha value is -1.83. The first-order valence-corrected chi connectivity index (χ1v) is 11.3. The van der Waals surface area contributed by atoms with Crippen LogP contribution in [-0.4, -0.2) is 55.0 Å². The van der Waals surface area contributed by atoms with E-state index >= 15 is 0 Å². The molecular formula is C20H24N2O3S2. The van der Waals surface area contributed by atoms with Crippen LogP contribution < -0.4 is 0 Å². The molecule has 3 rings (SSSR count). The minimum Gasteiger partial charge on any atom is -0.339 e. The van der Waals surface area contributed by atoms with Crippen molar-refractivity contribution in [1.29, 1.82) is 0 Å². The lowest BCUT2D eigenvalue weighted by atomic mass is 10.2. The normalized spacial score (nSPS) is 16.9. The molecule has 1 aliphatic rings. The Morgan fingerprint density at radius 3 is 2.15 bits per heavy atom. The number of sulfonamides is 1. The maximum Gasteiger partial charge on any atom is 0.243 e. The van der Waals surface area contributed by atoms with Gasteiger partial charge in [0.2, 0.25) is 15.9 Å². The van der Waals surface area contributed by atoms with Gasteiger partial charge in [0.1, 0.15) is 0 Å². The molecule has 0 aliphatic carbocycles. The zero-order valence-corrected chi connectivity index (χ0v) is 17.2. The Balaban J connectivity index is 1.58. The van der Waals surface area contributed by atoms with E-state index in [0.717, 1.165) is 4.90 Å². The number of carbonyl (C=O) groups excluding carboxylic acids is 1. The highest BCUT2D eigenvalue weighted by Gasteiger charge is 2.31. The number of hydrogen-bond donors (Lipinski definition) is 0. The van der Waals surface area contributed by atoms with E-state index in [1.807, 2.05) is 38.1 Å². The van der Waals surface area contributed by atoms with Gasteiger partial charge in [0.25, 0.3) is 0 Å². The smallest absolute Gasteiger partial charge is 0.243 e. The van der Waals surface area contributed by atoms with Gasteiger partial charge in [-0.2, -0.15) is 4.31 Å². The van der Waals surface area contributed by atoms with Crippen LogP contribution >= 0.6 is 11.8 Å². The van der Waals surface area contributed by atoms with Gasteiger partial charge in [-0.05, 0) is 38.1 Å². The molecule has 144 valence electrons. The fourth-order valence-corrected chi connectivity index (χ4v) is 5.41. The summed E-state index contributed by atoms with van der Waals surface area (Å²) in [4.78, 5) is 15.9. The molecule has 1 atom stereocenters. The summed E-state index contributed by atoms with van der Waals surface area (Å²) in [5, 5.41) is -0.204. The molecular weight excluding hydrogens is 380 g/mol. The van der Waals surface area contributed by atoms with E-state index in [4.69, 9.17) is 0 Å². The summed E-state index contributed by atoms with van der Waals surface area (Å²) < 4.78 is 26.8. The maximum absolute atomic E-state index is 12.7. The Kier molecular flexibility index (Phi) is 6.24. The fraction of sp³-hybridized carbons (Fsp3) is 0.350. The van der Waals surface area contributed by atoms with Crippen molar-refractivity contribution >= 4 is 27.7 Å². The lowest BCUT2D eigenvalue weighted by Crippen LogP contribution is -2.52. The van der Waals surface area contributed by atoms with Gasteiger partial charge in [-0.1, -0.05) is 35.9 Å². The summed E-state index contributed by atoms with van der Waals surface area (Å²) in [6, 6.07) is 16.6. The Bertz CT molecular complexity index is 875. The number of amides is 1. The van der Waals surface area contributed by atoms with Gasteiger partial charge in [-0.25, -0.2) is 8.42 Å². The van der Waals surface area contributed by atoms with E-state index in [1.165, 1.54) is 21.6 Å². The molecule has 7 heteroatoms. The second-order valence-corrected chi connectivity index (χ2v) is 9.97. The zero-order valence-electron chi connectivity index (χ0n) is 15.5. The van der Waals surface area contributed by atoms with Gasteiger partial charge in [0.05, 0.1) is 10.1 Å². The van der Waals surface area contributed by atoms with E-state index in [2.05, 4.69) is 0 Å². The zero-order chi connectivity index (χ0) is 19.4. The molecule has 0 N–H and O–H groups in total. The molecule has 0 unspecified atom stereocenters. The summed E-state index contributed by atoms with van der Waals surface area (Å²) in [6.45, 7) is 5.43. The first-order chi connectivity index (χ1) is 12.9. The van der Waals surface area contributed by atoms with E-state index in [9.17, 15) is 13.2 Å². The van der Waals surface area contributed by atoms with E-state index in [0.29, 0.717) is 31.1 Å². The lowest BCUT2D eigenvalue weighted by molar-refractivity contribution is -0.131. The lowest BCUT2D eigenvalue weighted by Gasteiger charge is -2.35. The van der Waals surface area contributed by atoms with E-state index in [1.54, 1.807) is 35.2 Å². The molecule has 1 fully saturated rings. The second kappa shape index (κ2) is 8.46. The molecule has 1 amide bonds. The highest BCUT2D eigenvalue weighted by atomic mass is 32.2. The van der Waals surface area contributed by atoms with Crippen molar-refractivity contribution in [2.45, 2.75) is 28.9 Å². The van der Waals surface area contributed by atoms with Crippen molar-refractivity contribution in [3.8, 4) is 0 Å². The molecule has 2 aromatic carbocycles. The second-order valence-electron chi connectivity index (χ2n) is 6.62. The standard InChI is InChI=1S/C20H24N2O3S2/c1-16-8-10-18(11-9-16)26-17(2)20(23)21-12-14-22(15-13-21)27(24,25)19-6-4-3-5-7-19/h3-11,17H,12-15H2,1-2H3/t17-/m1/s1. The summed E-state index contributed by atoms with van der Waals surface area (Å²) in [5.74, 6) is 0.0531. The molecule has 0 radical (unpaired) electrons. The molecule has 0 aromatic heterocycles. The Morgan fingerprint density at radius 2 is 1.56 bits per heavy atom. The monoisotopic (exact) mass is 404 g/mol. The van der Waals surface area contributed by atoms with Crippen LogP contribution in [0.25, 0.3) is 0 Å². The Labute approximate surface area is 165 Å². The summed E-state index contributed by atoms with van der Waals surface area (Å²) in [7, 11) is -3.49. The van der Waals surface area contributed by atoms with Crippen molar-refractivity contribution in [3.05, 3.63) is 60.2 Å². The number of thioether (sulfide) groups is 1. The molecule has 0 bridgehead atoms. The quantitative estimate of drug-likeness (QED) is 0.719. The molecule has 0 spiro atoms. The van der Waals surface area contributed by atoms with Crippen molar-refractivity contribution in [1.82, 2.24) is 9.21 Å². The molecule has 1 heterocycles. The van der Waals surface area contributed by atoms with Crippen LogP contribution in [0.1, 0.15) is 12.5 Å². The van der Waals surface area contributed by atoms with Crippen molar-refractivity contribution < 1.29 is 13.2 Å². The third-order valence-corrected chi connectivity index (χ3v) is 7.63. The predicted molar refractivity (Wildman–Crippen MR) is 108 cm³/mol. The number of benzene rings is 2. The van der Waals surface area contributed by atoms with Crippen LogP contribution in [0, 0.1) is 6.92 Å². The van der Waals surface area contributed by atoms with Gasteiger partial charge >= 0.3 is 0 Å². The van der Waals surface area contributed by atoms with Crippen molar-refractivity contribution in [3.63, 3.8) is 0 Å². The summed E-state index contributed by atoms with van der Waals surface area (Å²) in [6.07, 6.45) is 0. The number of carbonyl (C=O) groups is 1. The number of piperazine rings is 1. The van der Waals surface area contributed by atoms with E-state index in [-0.39, 0.29) is 11.2 Å². The fourth-order valence-electron chi connectivity index (χ4n) is 3.02. The topological polar surface area (TPSA) is 57.7 Å². The van der Waals surface area contributed by atoms with Crippen LogP contribution in [0.2, 0.25) is 0 Å². The first-order valence-electron chi connectivity index (χ1n) is 8.95. The van der Waals surface area contributed by atoms with Crippen LogP contribution in [0.3, 0.4) is 0 Å². The summed E-state index contributed by atoms with van der Waals surface area (Å²) in [5.41, 5.74) is 1.19. The van der Waals surface area contributed by atoms with Crippen molar-refractivity contribution in [2.24, 2.45) is 0 Å². The third kappa shape index (κ3) is 4.72. The Morgan fingerprint density at radius 1 is 0.963 bits per heavy atom. The largest absolute Gasteiger partial charge is 0.339 e.